The Morgan fingerprint density at radius 3 is 2.33 bits per heavy atom. The minimum atomic E-state index is -2.72. The van der Waals surface area contributed by atoms with Crippen LogP contribution in [0.5, 0.6) is 5.75 Å². The first kappa shape index (κ1) is 33.9. The fourth-order valence-electron chi connectivity index (χ4n) is 7.04. The van der Waals surface area contributed by atoms with Gasteiger partial charge in [0.2, 0.25) is 11.7 Å². The number of nitrogens with zero attached hydrogens (tertiary/aromatic N) is 2. The first-order chi connectivity index (χ1) is 21.2. The van der Waals surface area contributed by atoms with Gasteiger partial charge < -0.3 is 41.7 Å². The summed E-state index contributed by atoms with van der Waals surface area (Å²) in [5, 5.41) is 51.6. The van der Waals surface area contributed by atoms with E-state index in [4.69, 9.17) is 5.73 Å². The van der Waals surface area contributed by atoms with Crippen LogP contribution in [0.2, 0.25) is 0 Å². The number of aliphatic hydroxyl groups excluding tert-OH is 2. The molecule has 1 aromatic rings. The fourth-order valence-corrected chi connectivity index (χ4v) is 7.04. The molecule has 1 aromatic carbocycles. The molecule has 0 bridgehead atoms. The van der Waals surface area contributed by atoms with Crippen LogP contribution in [0.1, 0.15) is 56.6 Å². The van der Waals surface area contributed by atoms with E-state index in [-0.39, 0.29) is 36.2 Å². The van der Waals surface area contributed by atoms with E-state index in [2.05, 4.69) is 17.6 Å². The van der Waals surface area contributed by atoms with Crippen molar-refractivity contribution in [3.8, 4) is 5.75 Å². The summed E-state index contributed by atoms with van der Waals surface area (Å²) in [6.07, 6.45) is 5.58. The molecule has 0 saturated heterocycles. The number of fused-ring (bicyclic) bond motifs is 3. The SMILES string of the molecule is CCCCCCCNCC(=O)Nc1cc(N(C)C)c2c(c1O)C(O)=C1C(=O)C3(O)C(O)=C(C(N)=O)C(=O)[C@@H](N(C)C)C3CC1C2. The number of carbonyl (C=O) groups excluding carboxylic acids is 4. The van der Waals surface area contributed by atoms with Crippen LogP contribution in [0.15, 0.2) is 23.0 Å². The van der Waals surface area contributed by atoms with Crippen molar-refractivity contribution in [1.82, 2.24) is 10.2 Å². The van der Waals surface area contributed by atoms with Gasteiger partial charge in [0.05, 0.1) is 23.8 Å². The average Bonchev–Trinajstić information content (AvgIpc) is 2.95. The number of aliphatic hydroxyl groups is 3. The molecule has 0 radical (unpaired) electrons. The molecule has 45 heavy (non-hydrogen) atoms. The predicted molar refractivity (Wildman–Crippen MR) is 169 cm³/mol. The summed E-state index contributed by atoms with van der Waals surface area (Å²) in [7, 11) is 6.62. The maximum Gasteiger partial charge on any atom is 0.255 e. The second-order valence-corrected chi connectivity index (χ2v) is 12.6. The number of benzene rings is 1. The Bertz CT molecular complexity index is 1470. The van der Waals surface area contributed by atoms with Crippen molar-refractivity contribution in [1.29, 1.82) is 0 Å². The number of aromatic hydroxyl groups is 1. The zero-order valence-electron chi connectivity index (χ0n) is 26.6. The molecule has 4 atom stereocenters. The number of hydrogen-bond acceptors (Lipinski definition) is 11. The number of phenols is 1. The molecule has 0 spiro atoms. The lowest BCUT2D eigenvalue weighted by Crippen LogP contribution is -2.65. The van der Waals surface area contributed by atoms with Crippen molar-refractivity contribution >= 4 is 40.5 Å². The molecule has 2 amide bonds. The maximum absolute atomic E-state index is 14.1. The lowest BCUT2D eigenvalue weighted by molar-refractivity contribution is -0.153. The smallest absolute Gasteiger partial charge is 0.255 e. The predicted octanol–water partition coefficient (Wildman–Crippen LogP) is 1.53. The topological polar surface area (TPSA) is 206 Å². The van der Waals surface area contributed by atoms with Crippen LogP contribution >= 0.6 is 0 Å². The van der Waals surface area contributed by atoms with Gasteiger partial charge in [-0.15, -0.1) is 0 Å². The third-order valence-corrected chi connectivity index (χ3v) is 9.20. The molecular weight excluding hydrogens is 582 g/mol. The highest BCUT2D eigenvalue weighted by Crippen LogP contribution is 2.54. The zero-order chi connectivity index (χ0) is 33.4. The normalized spacial score (nSPS) is 24.4. The summed E-state index contributed by atoms with van der Waals surface area (Å²) in [5.74, 6) is -7.69. The summed E-state index contributed by atoms with van der Waals surface area (Å²) >= 11 is 0. The van der Waals surface area contributed by atoms with Crippen LogP contribution in [0.25, 0.3) is 5.76 Å². The average molecular weight is 628 g/mol. The van der Waals surface area contributed by atoms with Gasteiger partial charge in [-0.25, -0.2) is 0 Å². The molecule has 8 N–H and O–H groups in total. The molecule has 0 aliphatic heterocycles. The van der Waals surface area contributed by atoms with Gasteiger partial charge in [-0.05, 0) is 57.5 Å². The first-order valence-electron chi connectivity index (χ1n) is 15.4. The third-order valence-electron chi connectivity index (χ3n) is 9.20. The van der Waals surface area contributed by atoms with E-state index in [0.717, 1.165) is 25.7 Å². The van der Waals surface area contributed by atoms with E-state index in [1.54, 1.807) is 39.2 Å². The summed E-state index contributed by atoms with van der Waals surface area (Å²) in [4.78, 5) is 55.6. The number of unbranched alkanes of at least 4 members (excludes halogenated alkanes) is 4. The minimum absolute atomic E-state index is 0.00320. The second kappa shape index (κ2) is 13.2. The van der Waals surface area contributed by atoms with Gasteiger partial charge in [-0.3, -0.25) is 24.1 Å². The number of nitrogens with one attached hydrogen (secondary N) is 2. The number of rotatable bonds is 12. The van der Waals surface area contributed by atoms with Crippen LogP contribution in [0, 0.1) is 11.8 Å². The van der Waals surface area contributed by atoms with E-state index in [1.165, 1.54) is 11.3 Å². The van der Waals surface area contributed by atoms with Gasteiger partial charge in [-0.1, -0.05) is 32.6 Å². The molecule has 4 rings (SSSR count). The number of likely N-dealkylation sites (N-methyl/N-ethyl adjacent to an activating group) is 1. The Morgan fingerprint density at radius 2 is 1.73 bits per heavy atom. The summed E-state index contributed by atoms with van der Waals surface area (Å²) in [5.41, 5.74) is 2.55. The molecule has 3 unspecified atom stereocenters. The molecule has 1 saturated carbocycles. The summed E-state index contributed by atoms with van der Waals surface area (Å²) < 4.78 is 0. The van der Waals surface area contributed by atoms with E-state index >= 15 is 0 Å². The van der Waals surface area contributed by atoms with E-state index in [9.17, 15) is 39.6 Å². The molecule has 246 valence electrons. The molecular formula is C32H45N5O8. The van der Waals surface area contributed by atoms with Crippen LogP contribution in [-0.4, -0.2) is 102 Å². The van der Waals surface area contributed by atoms with Crippen molar-refractivity contribution in [3.05, 3.63) is 34.1 Å². The Kier molecular flexibility index (Phi) is 9.95. The van der Waals surface area contributed by atoms with E-state index in [1.807, 2.05) is 0 Å². The zero-order valence-corrected chi connectivity index (χ0v) is 26.6. The monoisotopic (exact) mass is 627 g/mol. The third kappa shape index (κ3) is 5.91. The number of primary amides is 1. The van der Waals surface area contributed by atoms with Crippen molar-refractivity contribution < 1.29 is 39.6 Å². The Hall–Kier alpha value is -3.94. The first-order valence-corrected chi connectivity index (χ1v) is 15.4. The number of Topliss-reactive ketones (excluding diaryl/α,β-unsaturated/α-hetero) is 2. The van der Waals surface area contributed by atoms with Crippen LogP contribution in [0.3, 0.4) is 0 Å². The highest BCUT2D eigenvalue weighted by Gasteiger charge is 2.64. The number of amides is 2. The molecule has 3 aliphatic rings. The molecule has 0 aromatic heterocycles. The lowest BCUT2D eigenvalue weighted by atomic mass is 9.57. The van der Waals surface area contributed by atoms with Crippen molar-refractivity contribution in [2.45, 2.75) is 63.5 Å². The Morgan fingerprint density at radius 1 is 1.07 bits per heavy atom. The van der Waals surface area contributed by atoms with E-state index < -0.39 is 69.7 Å². The van der Waals surface area contributed by atoms with Gasteiger partial charge >= 0.3 is 0 Å². The van der Waals surface area contributed by atoms with Crippen LogP contribution < -0.4 is 21.3 Å². The molecule has 0 heterocycles. The van der Waals surface area contributed by atoms with Gasteiger partial charge in [0.1, 0.15) is 22.8 Å². The fraction of sp³-hybridized carbons (Fsp3) is 0.562. The van der Waals surface area contributed by atoms with Gasteiger partial charge in [-0.2, -0.15) is 0 Å². The minimum Gasteiger partial charge on any atom is -0.508 e. The number of hydrogen-bond donors (Lipinski definition) is 7. The summed E-state index contributed by atoms with van der Waals surface area (Å²) in [6.45, 7) is 2.81. The van der Waals surface area contributed by atoms with Crippen molar-refractivity contribution in [3.63, 3.8) is 0 Å². The highest BCUT2D eigenvalue weighted by atomic mass is 16.3. The highest BCUT2D eigenvalue weighted by molar-refractivity contribution is 6.24. The Labute approximate surface area is 262 Å². The van der Waals surface area contributed by atoms with Gasteiger partial charge in [0.25, 0.3) is 5.91 Å². The second-order valence-electron chi connectivity index (χ2n) is 12.6. The largest absolute Gasteiger partial charge is 0.508 e. The molecule has 13 nitrogen and oxygen atoms in total. The lowest BCUT2D eigenvalue weighted by Gasteiger charge is -2.50. The maximum atomic E-state index is 14.1. The Balaban J connectivity index is 1.73. The number of ketones is 2. The van der Waals surface area contributed by atoms with Crippen LogP contribution in [0.4, 0.5) is 11.4 Å². The van der Waals surface area contributed by atoms with Gasteiger partial charge in [0, 0.05) is 31.3 Å². The van der Waals surface area contributed by atoms with Gasteiger partial charge in [0.15, 0.2) is 11.4 Å². The quantitative estimate of drug-likeness (QED) is 0.100. The van der Waals surface area contributed by atoms with Crippen molar-refractivity contribution in [2.75, 3.05) is 51.5 Å². The van der Waals surface area contributed by atoms with E-state index in [0.29, 0.717) is 17.8 Å². The standard InChI is InChI=1S/C32H45N5O8/c1-6-7-8-9-10-11-34-15-21(38)35-19-14-20(36(2)3)17-12-16-13-18-25(37(4)5)28(41)24(31(33)44)30(43)32(18,45)29(42)22(16)27(40)23(17)26(19)39/h14,16,18,25,34,39-40,43,45H,6-13,15H2,1-5H3,(H2,33,44)(H,35,38)/t16?,18?,25-,32?/m0/s1. The number of nitrogens with two attached hydrogens (primary N) is 1. The molecule has 13 heteroatoms. The number of phenolic OH excluding ortho intramolecular Hbond substituents is 1. The number of anilines is 2. The van der Waals surface area contributed by atoms with Crippen molar-refractivity contribution in [2.24, 2.45) is 17.6 Å². The van der Waals surface area contributed by atoms with Crippen LogP contribution in [-0.2, 0) is 25.6 Å². The number of carbonyl (C=O) groups is 4. The molecule has 1 fully saturated rings. The molecule has 3 aliphatic carbocycles. The summed E-state index contributed by atoms with van der Waals surface area (Å²) in [6, 6.07) is 0.433.